The fourth-order valence-electron chi connectivity index (χ4n) is 0.905. The minimum absolute atomic E-state index is 0. The van der Waals surface area contributed by atoms with Crippen molar-refractivity contribution in [1.29, 1.82) is 0 Å². The molecule has 0 rings (SSSR count). The van der Waals surface area contributed by atoms with Crippen molar-refractivity contribution < 1.29 is 56.2 Å². The van der Waals surface area contributed by atoms with Crippen LogP contribution in [-0.2, 0) is 16.5 Å². The number of aliphatic hydroxyl groups is 1. The van der Waals surface area contributed by atoms with Crippen LogP contribution in [0.5, 0.6) is 0 Å². The molecular weight excluding hydrogens is 381 g/mol. The molecule has 0 saturated heterocycles. The van der Waals surface area contributed by atoms with Crippen LogP contribution in [0.3, 0.4) is 0 Å². The van der Waals surface area contributed by atoms with E-state index < -0.39 is 39.3 Å². The molecule has 1 N–H and O–H groups in total. The van der Waals surface area contributed by atoms with Crippen molar-refractivity contribution in [3.8, 4) is 0 Å². The van der Waals surface area contributed by atoms with Crippen molar-refractivity contribution >= 4 is 0 Å². The van der Waals surface area contributed by atoms with Gasteiger partial charge in [0.15, 0.2) is 0 Å². The van der Waals surface area contributed by atoms with Crippen LogP contribution in [0.15, 0.2) is 0 Å². The molecule has 0 bridgehead atoms. The zero-order chi connectivity index (χ0) is 12.3. The molecule has 0 aliphatic heterocycles. The Kier molecular flexibility index (Phi) is 8.90. The van der Waals surface area contributed by atoms with Gasteiger partial charge in [0.1, 0.15) is 0 Å². The Bertz CT molecular complexity index is 202. The fraction of sp³-hybridized carbons (Fsp3) is 1.00. The van der Waals surface area contributed by atoms with Crippen LogP contribution >= 0.6 is 0 Å². The molecule has 2 atom stereocenters. The van der Waals surface area contributed by atoms with Gasteiger partial charge in [0.25, 0.3) is 0 Å². The Balaban J connectivity index is 0. The van der Waals surface area contributed by atoms with E-state index in [4.69, 9.17) is 0 Å². The largest absolute Gasteiger partial charge is 0 e. The van der Waals surface area contributed by atoms with Crippen LogP contribution < -0.4 is 21.5 Å². The minimum Gasteiger partial charge on any atom is 0 e. The van der Waals surface area contributed by atoms with Gasteiger partial charge in [-0.1, -0.05) is 0 Å². The maximum absolute atomic E-state index is 12.5. The normalized spacial score (nSPS) is 18.1. The Hall–Kier alpha value is 0.934. The Morgan fingerprint density at radius 1 is 1.38 bits per heavy atom. The van der Waals surface area contributed by atoms with Gasteiger partial charge in [0, 0.05) is 16.5 Å². The summed E-state index contributed by atoms with van der Waals surface area (Å²) in [5, 5.41) is 9.44. The Labute approximate surface area is 115 Å². The smallest absolute Gasteiger partial charge is 0 e. The van der Waals surface area contributed by atoms with E-state index in [2.05, 4.69) is 0 Å². The van der Waals surface area contributed by atoms with E-state index in [0.717, 1.165) is 17.8 Å². The van der Waals surface area contributed by atoms with E-state index in [-0.39, 0.29) is 16.5 Å². The van der Waals surface area contributed by atoms with Gasteiger partial charge in [-0.05, 0) is 0 Å². The monoisotopic (exact) mass is 398 g/mol. The van der Waals surface area contributed by atoms with Gasteiger partial charge in [-0.15, -0.1) is 0 Å². The first-order chi connectivity index (χ1) is 6.64. The van der Waals surface area contributed by atoms with Gasteiger partial charge in [0.2, 0.25) is 0 Å². The molecule has 16 heavy (non-hydrogen) atoms. The maximum Gasteiger partial charge on any atom is 0 e. The summed E-state index contributed by atoms with van der Waals surface area (Å²) in [4.78, 5) is 0. The van der Waals surface area contributed by atoms with Crippen molar-refractivity contribution in [1.82, 2.24) is 3.11 Å². The molecular formula is C9H18F3INNiO-. The molecule has 0 aliphatic carbocycles. The number of hydrogen-bond acceptors (Lipinski definition) is 2. The van der Waals surface area contributed by atoms with E-state index in [1.165, 1.54) is 6.92 Å². The Morgan fingerprint density at radius 3 is 2.12 bits per heavy atom. The van der Waals surface area contributed by atoms with Gasteiger partial charge in [-0.2, -0.15) is 0 Å². The first-order valence-corrected chi connectivity index (χ1v) is 7.25. The SMILES string of the molecule is CCC[I-]N(C)C(C)C(C)(O)C(F)(F)F.[Ni]. The second kappa shape index (κ2) is 7.39. The van der Waals surface area contributed by atoms with E-state index in [1.807, 2.05) is 6.92 Å². The van der Waals surface area contributed by atoms with Crippen molar-refractivity contribution in [3.05, 3.63) is 0 Å². The second-order valence-corrected chi connectivity index (χ2v) is 6.94. The number of hydrogen-bond donors (Lipinski definition) is 1. The van der Waals surface area contributed by atoms with E-state index in [0.29, 0.717) is 0 Å². The average molecular weight is 399 g/mol. The number of nitrogens with zero attached hydrogens (tertiary/aromatic N) is 1. The molecule has 0 aromatic heterocycles. The summed E-state index contributed by atoms with van der Waals surface area (Å²) in [6, 6.07) is -0.892. The quantitative estimate of drug-likeness (QED) is 0.279. The van der Waals surface area contributed by atoms with Crippen LogP contribution in [0.2, 0.25) is 0 Å². The standard InChI is InChI=1S/C9H18F3INO.Ni/c1-5-6-13-14(4)7(2)8(3,15)9(10,11)12;/h7,15H,5-6H2,1-4H3;/q-1;. The number of alkyl halides is 4. The summed E-state index contributed by atoms with van der Waals surface area (Å²) in [5.41, 5.74) is -2.63. The van der Waals surface area contributed by atoms with Crippen molar-refractivity contribution in [2.75, 3.05) is 11.5 Å². The van der Waals surface area contributed by atoms with Crippen LogP contribution in [0.25, 0.3) is 0 Å². The van der Waals surface area contributed by atoms with Crippen molar-refractivity contribution in [2.24, 2.45) is 0 Å². The molecule has 0 radical (unpaired) electrons. The summed E-state index contributed by atoms with van der Waals surface area (Å²) in [5.74, 6) is 0. The molecule has 0 aliphatic rings. The van der Waals surface area contributed by atoms with Crippen molar-refractivity contribution in [2.45, 2.75) is 45.0 Å². The molecule has 0 saturated carbocycles. The number of rotatable bonds is 5. The minimum atomic E-state index is -4.57. The zero-order valence-corrected chi connectivity index (χ0v) is 12.9. The number of likely N-dealkylation sites (N-methyl/N-ethyl adjacent to an activating group) is 1. The van der Waals surface area contributed by atoms with Crippen LogP contribution in [0.1, 0.15) is 27.2 Å². The fourth-order valence-corrected chi connectivity index (χ4v) is 3.28. The predicted molar refractivity (Wildman–Crippen MR) is 49.1 cm³/mol. The maximum atomic E-state index is 12.5. The summed E-state index contributed by atoms with van der Waals surface area (Å²) < 4.78 is 40.1. The van der Waals surface area contributed by atoms with Crippen molar-refractivity contribution in [3.63, 3.8) is 0 Å². The van der Waals surface area contributed by atoms with Gasteiger partial charge in [0.05, 0.1) is 0 Å². The van der Waals surface area contributed by atoms with Crippen LogP contribution in [0, 0.1) is 0 Å². The van der Waals surface area contributed by atoms with Gasteiger partial charge in [-0.3, -0.25) is 0 Å². The third-order valence-electron chi connectivity index (χ3n) is 2.38. The molecule has 0 heterocycles. The third-order valence-corrected chi connectivity index (χ3v) is 5.86. The topological polar surface area (TPSA) is 23.5 Å². The first-order valence-electron chi connectivity index (χ1n) is 4.76. The van der Waals surface area contributed by atoms with Crippen LogP contribution in [-0.4, -0.2) is 37.5 Å². The molecule has 0 aromatic carbocycles. The molecule has 0 amide bonds. The molecule has 0 fully saturated rings. The van der Waals surface area contributed by atoms with Gasteiger partial charge >= 0.3 is 99.4 Å². The second-order valence-electron chi connectivity index (χ2n) is 3.65. The van der Waals surface area contributed by atoms with E-state index >= 15 is 0 Å². The van der Waals surface area contributed by atoms with Gasteiger partial charge < -0.3 is 0 Å². The molecule has 2 unspecified atom stereocenters. The summed E-state index contributed by atoms with van der Waals surface area (Å²) in [6.45, 7) is 4.26. The number of halogens is 4. The third kappa shape index (κ3) is 5.06. The van der Waals surface area contributed by atoms with E-state index in [9.17, 15) is 18.3 Å². The van der Waals surface area contributed by atoms with Gasteiger partial charge in [-0.25, -0.2) is 0 Å². The molecule has 7 heteroatoms. The predicted octanol–water partition coefficient (Wildman–Crippen LogP) is -0.968. The Morgan fingerprint density at radius 2 is 1.81 bits per heavy atom. The first kappa shape index (κ1) is 19.3. The average Bonchev–Trinajstić information content (AvgIpc) is 2.10. The molecule has 0 spiro atoms. The molecule has 104 valence electrons. The molecule has 2 nitrogen and oxygen atoms in total. The summed E-state index contributed by atoms with van der Waals surface area (Å²) >= 11 is -0.419. The molecule has 0 aromatic rings. The van der Waals surface area contributed by atoms with E-state index in [1.54, 1.807) is 10.2 Å². The van der Waals surface area contributed by atoms with Crippen LogP contribution in [0.4, 0.5) is 13.2 Å². The summed E-state index contributed by atoms with van der Waals surface area (Å²) in [6.07, 6.45) is -3.60. The zero-order valence-electron chi connectivity index (χ0n) is 9.71. The summed E-state index contributed by atoms with van der Waals surface area (Å²) in [7, 11) is 1.65.